The van der Waals surface area contributed by atoms with Gasteiger partial charge in [0.2, 0.25) is 0 Å². The zero-order valence-corrected chi connectivity index (χ0v) is 11.0. The Morgan fingerprint density at radius 2 is 2.11 bits per heavy atom. The van der Waals surface area contributed by atoms with Crippen molar-refractivity contribution in [3.05, 3.63) is 44.9 Å². The van der Waals surface area contributed by atoms with Gasteiger partial charge in [0.15, 0.2) is 0 Å². The monoisotopic (exact) mass is 284 g/mol. The van der Waals surface area contributed by atoms with E-state index in [1.54, 1.807) is 19.1 Å². The quantitative estimate of drug-likeness (QED) is 0.827. The molecule has 2 rings (SSSR count). The average Bonchev–Trinajstić information content (AvgIpc) is 2.76. The van der Waals surface area contributed by atoms with Gasteiger partial charge < -0.3 is 11.1 Å². The van der Waals surface area contributed by atoms with Crippen molar-refractivity contribution in [3.63, 3.8) is 0 Å². The maximum Gasteiger partial charge on any atom is 0.265 e. The number of rotatable bonds is 2. The summed E-state index contributed by atoms with van der Waals surface area (Å²) < 4.78 is 14.1. The molecule has 0 aliphatic carbocycles. The summed E-state index contributed by atoms with van der Waals surface area (Å²) in [5, 5.41) is 2.51. The topological polar surface area (TPSA) is 55.1 Å². The highest BCUT2D eigenvalue weighted by Gasteiger charge is 2.14. The van der Waals surface area contributed by atoms with E-state index < -0.39 is 11.7 Å². The van der Waals surface area contributed by atoms with E-state index in [1.165, 1.54) is 12.1 Å². The molecule has 0 spiro atoms. The third-order valence-electron chi connectivity index (χ3n) is 2.49. The molecular weight excluding hydrogens is 275 g/mol. The van der Waals surface area contributed by atoms with Crippen LogP contribution in [0.25, 0.3) is 0 Å². The molecule has 0 bridgehead atoms. The fraction of sp³-hybridized carbons (Fsp3) is 0.0833. The van der Waals surface area contributed by atoms with E-state index >= 15 is 0 Å². The number of carbonyl (C=O) groups is 1. The number of benzene rings is 1. The predicted octanol–water partition coefficient (Wildman–Crippen LogP) is 3.68. The zero-order valence-electron chi connectivity index (χ0n) is 9.46. The fourth-order valence-electron chi connectivity index (χ4n) is 1.46. The number of amides is 1. The summed E-state index contributed by atoms with van der Waals surface area (Å²) in [6.45, 7) is 1.65. The van der Waals surface area contributed by atoms with Crippen LogP contribution >= 0.6 is 22.9 Å². The van der Waals surface area contributed by atoms with Crippen LogP contribution in [0.5, 0.6) is 0 Å². The molecule has 0 saturated carbocycles. The molecular formula is C12H10ClFN2OS. The smallest absolute Gasteiger partial charge is 0.265 e. The predicted molar refractivity (Wildman–Crippen MR) is 72.8 cm³/mol. The fourth-order valence-corrected chi connectivity index (χ4v) is 2.40. The lowest BCUT2D eigenvalue weighted by Gasteiger charge is -2.10. The van der Waals surface area contributed by atoms with Crippen molar-refractivity contribution in [3.8, 4) is 0 Å². The Balaban J connectivity index is 2.30. The first-order valence-electron chi connectivity index (χ1n) is 5.10. The summed E-state index contributed by atoms with van der Waals surface area (Å²) >= 11 is 6.87. The highest BCUT2D eigenvalue weighted by Crippen LogP contribution is 2.27. The van der Waals surface area contributed by atoms with Gasteiger partial charge in [-0.2, -0.15) is 0 Å². The molecule has 0 unspecified atom stereocenters. The van der Waals surface area contributed by atoms with Gasteiger partial charge in [-0.1, -0.05) is 11.6 Å². The van der Waals surface area contributed by atoms with Crippen LogP contribution in [0.3, 0.4) is 0 Å². The molecule has 1 aromatic carbocycles. The summed E-state index contributed by atoms with van der Waals surface area (Å²) in [5.41, 5.74) is 6.71. The minimum Gasteiger partial charge on any atom is -0.398 e. The van der Waals surface area contributed by atoms with Crippen molar-refractivity contribution >= 4 is 40.2 Å². The lowest BCUT2D eigenvalue weighted by molar-refractivity contribution is 0.103. The average molecular weight is 285 g/mol. The summed E-state index contributed by atoms with van der Waals surface area (Å²) in [5.74, 6) is -0.919. The van der Waals surface area contributed by atoms with Crippen LogP contribution in [0, 0.1) is 12.7 Å². The Hall–Kier alpha value is -1.59. The number of nitrogens with two attached hydrogens (primary N) is 1. The normalized spacial score (nSPS) is 10.4. The first-order chi connectivity index (χ1) is 8.49. The minimum atomic E-state index is -0.516. The first-order valence-corrected chi connectivity index (χ1v) is 6.29. The molecule has 0 aliphatic rings. The summed E-state index contributed by atoms with van der Waals surface area (Å²) in [6.07, 6.45) is 0. The first kappa shape index (κ1) is 12.9. The molecule has 0 fully saturated rings. The molecule has 0 aliphatic heterocycles. The van der Waals surface area contributed by atoms with Gasteiger partial charge in [-0.05, 0) is 36.8 Å². The van der Waals surface area contributed by atoms with Crippen LogP contribution in [0.1, 0.15) is 15.2 Å². The SMILES string of the molecule is Cc1c(N)ccc(F)c1NC(=O)c1ccc(Cl)s1. The Morgan fingerprint density at radius 1 is 1.39 bits per heavy atom. The van der Waals surface area contributed by atoms with Crippen LogP contribution in [-0.4, -0.2) is 5.91 Å². The van der Waals surface area contributed by atoms with E-state index in [4.69, 9.17) is 17.3 Å². The Bertz CT molecular complexity index is 612. The highest BCUT2D eigenvalue weighted by atomic mass is 35.5. The van der Waals surface area contributed by atoms with Crippen LogP contribution < -0.4 is 11.1 Å². The molecule has 3 nitrogen and oxygen atoms in total. The van der Waals surface area contributed by atoms with Crippen molar-refractivity contribution in [2.24, 2.45) is 0 Å². The van der Waals surface area contributed by atoms with Gasteiger partial charge in [-0.3, -0.25) is 4.79 Å². The second-order valence-corrected chi connectivity index (χ2v) is 5.41. The second-order valence-electron chi connectivity index (χ2n) is 3.69. The minimum absolute atomic E-state index is 0.101. The van der Waals surface area contributed by atoms with E-state index in [0.717, 1.165) is 11.3 Å². The molecule has 1 amide bonds. The second kappa shape index (κ2) is 4.96. The molecule has 0 atom stereocenters. The molecule has 0 radical (unpaired) electrons. The zero-order chi connectivity index (χ0) is 13.3. The highest BCUT2D eigenvalue weighted by molar-refractivity contribution is 7.18. The molecule has 1 aromatic heterocycles. The Labute approximate surface area is 112 Å². The molecule has 1 heterocycles. The number of nitrogen functional groups attached to an aromatic ring is 1. The van der Waals surface area contributed by atoms with Crippen LogP contribution in [0.15, 0.2) is 24.3 Å². The van der Waals surface area contributed by atoms with E-state index in [-0.39, 0.29) is 5.69 Å². The standard InChI is InChI=1S/C12H10ClFN2OS/c1-6-8(15)3-2-7(14)11(6)16-12(17)9-4-5-10(13)18-9/h2-5H,15H2,1H3,(H,16,17). The van der Waals surface area contributed by atoms with Gasteiger partial charge in [0.1, 0.15) is 5.82 Å². The van der Waals surface area contributed by atoms with Crippen molar-refractivity contribution in [1.82, 2.24) is 0 Å². The van der Waals surface area contributed by atoms with Crippen molar-refractivity contribution in [2.45, 2.75) is 6.92 Å². The van der Waals surface area contributed by atoms with E-state index in [9.17, 15) is 9.18 Å². The molecule has 6 heteroatoms. The lowest BCUT2D eigenvalue weighted by atomic mass is 10.1. The number of halogens is 2. The largest absolute Gasteiger partial charge is 0.398 e. The summed E-state index contributed by atoms with van der Waals surface area (Å²) in [6, 6.07) is 5.88. The van der Waals surface area contributed by atoms with Crippen molar-refractivity contribution in [1.29, 1.82) is 0 Å². The number of anilines is 2. The van der Waals surface area contributed by atoms with Crippen molar-refractivity contribution in [2.75, 3.05) is 11.1 Å². The number of hydrogen-bond donors (Lipinski definition) is 2. The van der Waals surface area contributed by atoms with Gasteiger partial charge in [0, 0.05) is 5.69 Å². The maximum absolute atomic E-state index is 13.6. The molecule has 18 heavy (non-hydrogen) atoms. The van der Waals surface area contributed by atoms with Crippen LogP contribution in [0.4, 0.5) is 15.8 Å². The number of nitrogens with one attached hydrogen (secondary N) is 1. The third kappa shape index (κ3) is 2.47. The van der Waals surface area contributed by atoms with E-state index in [0.29, 0.717) is 20.5 Å². The van der Waals surface area contributed by atoms with Gasteiger partial charge in [-0.25, -0.2) is 4.39 Å². The Kier molecular flexibility index (Phi) is 3.54. The maximum atomic E-state index is 13.6. The van der Waals surface area contributed by atoms with Gasteiger partial charge >= 0.3 is 0 Å². The third-order valence-corrected chi connectivity index (χ3v) is 3.72. The summed E-state index contributed by atoms with van der Waals surface area (Å²) in [7, 11) is 0. The van der Waals surface area contributed by atoms with Crippen LogP contribution in [0.2, 0.25) is 4.34 Å². The molecule has 94 valence electrons. The molecule has 0 saturated heterocycles. The number of hydrogen-bond acceptors (Lipinski definition) is 3. The Morgan fingerprint density at radius 3 is 2.72 bits per heavy atom. The number of carbonyl (C=O) groups excluding carboxylic acids is 1. The lowest BCUT2D eigenvalue weighted by Crippen LogP contribution is -2.13. The van der Waals surface area contributed by atoms with Gasteiger partial charge in [-0.15, -0.1) is 11.3 Å². The summed E-state index contributed by atoms with van der Waals surface area (Å²) in [4.78, 5) is 12.3. The van der Waals surface area contributed by atoms with Gasteiger partial charge in [0.05, 0.1) is 14.9 Å². The number of thiophene rings is 1. The van der Waals surface area contributed by atoms with E-state index in [2.05, 4.69) is 5.32 Å². The molecule has 3 N–H and O–H groups in total. The van der Waals surface area contributed by atoms with Crippen LogP contribution in [-0.2, 0) is 0 Å². The van der Waals surface area contributed by atoms with E-state index in [1.807, 2.05) is 0 Å². The molecule has 2 aromatic rings. The van der Waals surface area contributed by atoms with Crippen molar-refractivity contribution < 1.29 is 9.18 Å². The van der Waals surface area contributed by atoms with Gasteiger partial charge in [0.25, 0.3) is 5.91 Å².